The van der Waals surface area contributed by atoms with E-state index < -0.39 is 0 Å². The zero-order valence-electron chi connectivity index (χ0n) is 18.0. The van der Waals surface area contributed by atoms with Gasteiger partial charge in [0.25, 0.3) is 17.7 Å². The molecule has 5 heteroatoms. The first-order chi connectivity index (χ1) is 15.5. The Balaban J connectivity index is 1.41. The number of benzene rings is 3. The predicted octanol–water partition coefficient (Wildman–Crippen LogP) is 4.64. The molecule has 32 heavy (non-hydrogen) atoms. The molecule has 5 nitrogen and oxygen atoms in total. The Kier molecular flexibility index (Phi) is 5.10. The van der Waals surface area contributed by atoms with Crippen molar-refractivity contribution < 1.29 is 14.4 Å². The molecular formula is C27H24N2O3. The molecule has 160 valence electrons. The van der Waals surface area contributed by atoms with E-state index >= 15 is 0 Å². The molecule has 0 saturated carbocycles. The van der Waals surface area contributed by atoms with E-state index in [0.717, 1.165) is 24.8 Å². The summed E-state index contributed by atoms with van der Waals surface area (Å²) in [7, 11) is 0. The van der Waals surface area contributed by atoms with Gasteiger partial charge in [0.2, 0.25) is 0 Å². The van der Waals surface area contributed by atoms with Gasteiger partial charge in [-0.1, -0.05) is 48.5 Å². The fourth-order valence-corrected chi connectivity index (χ4v) is 4.77. The van der Waals surface area contributed by atoms with E-state index in [2.05, 4.69) is 12.1 Å². The number of para-hydroxylation sites is 1. The second kappa shape index (κ2) is 8.08. The monoisotopic (exact) mass is 424 g/mol. The summed E-state index contributed by atoms with van der Waals surface area (Å²) in [6.45, 7) is 2.57. The Morgan fingerprint density at radius 1 is 0.906 bits per heavy atom. The van der Waals surface area contributed by atoms with Crippen molar-refractivity contribution in [1.82, 2.24) is 4.90 Å². The molecule has 3 amide bonds. The van der Waals surface area contributed by atoms with Crippen molar-refractivity contribution in [1.29, 1.82) is 0 Å². The first kappa shape index (κ1) is 20.2. The van der Waals surface area contributed by atoms with Crippen LogP contribution in [0.4, 0.5) is 5.69 Å². The predicted molar refractivity (Wildman–Crippen MR) is 123 cm³/mol. The number of hydrogen-bond donors (Lipinski definition) is 0. The van der Waals surface area contributed by atoms with Crippen molar-refractivity contribution in [3.05, 3.63) is 101 Å². The van der Waals surface area contributed by atoms with Gasteiger partial charge in [0.1, 0.15) is 0 Å². The number of aryl methyl sites for hydroxylation is 1. The Hall–Kier alpha value is -3.73. The van der Waals surface area contributed by atoms with E-state index in [1.54, 1.807) is 30.3 Å². The lowest BCUT2D eigenvalue weighted by Gasteiger charge is -2.25. The number of anilines is 1. The first-order valence-electron chi connectivity index (χ1n) is 11.0. The number of fused-ring (bicyclic) bond motifs is 1. The third-order valence-corrected chi connectivity index (χ3v) is 6.44. The second-order valence-corrected chi connectivity index (χ2v) is 8.48. The van der Waals surface area contributed by atoms with Gasteiger partial charge in [-0.15, -0.1) is 0 Å². The fraction of sp³-hybridized carbons (Fsp3) is 0.222. The molecule has 1 unspecified atom stereocenters. The second-order valence-electron chi connectivity index (χ2n) is 8.48. The van der Waals surface area contributed by atoms with Gasteiger partial charge in [0.05, 0.1) is 16.8 Å². The molecule has 2 heterocycles. The highest BCUT2D eigenvalue weighted by molar-refractivity contribution is 6.35. The molecule has 0 spiro atoms. The lowest BCUT2D eigenvalue weighted by Crippen LogP contribution is -2.36. The quantitative estimate of drug-likeness (QED) is 0.573. The zero-order chi connectivity index (χ0) is 22.2. The molecule has 2 aliphatic heterocycles. The van der Waals surface area contributed by atoms with Crippen molar-refractivity contribution in [2.45, 2.75) is 32.2 Å². The van der Waals surface area contributed by atoms with Gasteiger partial charge in [-0.25, -0.2) is 4.90 Å². The normalized spacial score (nSPS) is 17.7. The molecule has 0 N–H and O–H groups in total. The van der Waals surface area contributed by atoms with Gasteiger partial charge in [-0.3, -0.25) is 14.4 Å². The lowest BCUT2D eigenvalue weighted by atomic mass is 10.0. The number of carbonyl (C=O) groups is 3. The number of likely N-dealkylation sites (tertiary alicyclic amines) is 1. The molecule has 0 radical (unpaired) electrons. The Bertz CT molecular complexity index is 1220. The number of rotatable bonds is 4. The van der Waals surface area contributed by atoms with Crippen LogP contribution in [-0.2, 0) is 6.42 Å². The minimum Gasteiger partial charge on any atom is -0.335 e. The maximum Gasteiger partial charge on any atom is 0.266 e. The summed E-state index contributed by atoms with van der Waals surface area (Å²) in [6, 6.07) is 22.5. The van der Waals surface area contributed by atoms with Gasteiger partial charge in [-0.2, -0.15) is 0 Å². The Morgan fingerprint density at radius 2 is 1.62 bits per heavy atom. The average molecular weight is 425 g/mol. The van der Waals surface area contributed by atoms with Gasteiger partial charge in [-0.05, 0) is 61.6 Å². The van der Waals surface area contributed by atoms with Crippen LogP contribution < -0.4 is 4.90 Å². The molecule has 0 aromatic heterocycles. The smallest absolute Gasteiger partial charge is 0.266 e. The minimum absolute atomic E-state index is 0.0826. The van der Waals surface area contributed by atoms with E-state index in [0.29, 0.717) is 28.9 Å². The van der Waals surface area contributed by atoms with Crippen LogP contribution in [0.5, 0.6) is 0 Å². The molecule has 5 rings (SSSR count). The zero-order valence-corrected chi connectivity index (χ0v) is 18.0. The van der Waals surface area contributed by atoms with Gasteiger partial charge in [0, 0.05) is 18.2 Å². The molecule has 1 fully saturated rings. The lowest BCUT2D eigenvalue weighted by molar-refractivity contribution is 0.0736. The summed E-state index contributed by atoms with van der Waals surface area (Å²) in [5.41, 5.74) is 3.73. The molecule has 2 aliphatic rings. The Morgan fingerprint density at radius 3 is 2.41 bits per heavy atom. The number of amides is 3. The highest BCUT2D eigenvalue weighted by Crippen LogP contribution is 2.32. The molecule has 1 saturated heterocycles. The largest absolute Gasteiger partial charge is 0.335 e. The first-order valence-corrected chi connectivity index (χ1v) is 11.0. The van der Waals surface area contributed by atoms with Crippen LogP contribution in [0.25, 0.3) is 0 Å². The molecule has 3 aromatic carbocycles. The third kappa shape index (κ3) is 3.40. The molecule has 3 aromatic rings. The number of hydrogen-bond acceptors (Lipinski definition) is 3. The summed E-state index contributed by atoms with van der Waals surface area (Å²) < 4.78 is 0. The topological polar surface area (TPSA) is 57.7 Å². The molecular weight excluding hydrogens is 400 g/mol. The van der Waals surface area contributed by atoms with Crippen molar-refractivity contribution in [3.8, 4) is 0 Å². The van der Waals surface area contributed by atoms with E-state index in [4.69, 9.17) is 0 Å². The van der Waals surface area contributed by atoms with E-state index in [-0.39, 0.29) is 23.8 Å². The summed E-state index contributed by atoms with van der Waals surface area (Å²) >= 11 is 0. The number of carbonyl (C=O) groups excluding carboxylic acids is 3. The van der Waals surface area contributed by atoms with Gasteiger partial charge >= 0.3 is 0 Å². The minimum atomic E-state index is -0.379. The SMILES string of the molecule is Cc1ccccc1N1C(=O)c2ccc(C(=O)N3CCCC3Cc3ccccc3)cc2C1=O. The van der Waals surface area contributed by atoms with E-state index in [9.17, 15) is 14.4 Å². The van der Waals surface area contributed by atoms with Crippen molar-refractivity contribution in [3.63, 3.8) is 0 Å². The van der Waals surface area contributed by atoms with Crippen LogP contribution >= 0.6 is 0 Å². The maximum absolute atomic E-state index is 13.4. The van der Waals surface area contributed by atoms with Crippen LogP contribution in [-0.4, -0.2) is 35.2 Å². The highest BCUT2D eigenvalue weighted by atomic mass is 16.2. The highest BCUT2D eigenvalue weighted by Gasteiger charge is 2.38. The van der Waals surface area contributed by atoms with Crippen LogP contribution in [0.3, 0.4) is 0 Å². The van der Waals surface area contributed by atoms with Crippen LogP contribution in [0, 0.1) is 6.92 Å². The van der Waals surface area contributed by atoms with Crippen LogP contribution in [0.15, 0.2) is 72.8 Å². The maximum atomic E-state index is 13.4. The standard InChI is InChI=1S/C27H24N2O3/c1-18-8-5-6-12-24(18)29-26(31)22-14-13-20(17-23(22)27(29)32)25(30)28-15-7-11-21(28)16-19-9-3-2-4-10-19/h2-6,8-10,12-14,17,21H,7,11,15-16H2,1H3. The van der Waals surface area contributed by atoms with Crippen molar-refractivity contribution in [2.24, 2.45) is 0 Å². The fourth-order valence-electron chi connectivity index (χ4n) is 4.77. The summed E-state index contributed by atoms with van der Waals surface area (Å²) in [4.78, 5) is 42.6. The molecule has 0 aliphatic carbocycles. The van der Waals surface area contributed by atoms with E-state index in [1.165, 1.54) is 10.5 Å². The van der Waals surface area contributed by atoms with Crippen molar-refractivity contribution in [2.75, 3.05) is 11.4 Å². The summed E-state index contributed by atoms with van der Waals surface area (Å²) in [6.07, 6.45) is 2.74. The number of nitrogens with zero attached hydrogens (tertiary/aromatic N) is 2. The summed E-state index contributed by atoms with van der Waals surface area (Å²) in [5.74, 6) is -0.807. The summed E-state index contributed by atoms with van der Waals surface area (Å²) in [5, 5.41) is 0. The van der Waals surface area contributed by atoms with Crippen LogP contribution in [0.1, 0.15) is 55.0 Å². The van der Waals surface area contributed by atoms with Gasteiger partial charge < -0.3 is 4.90 Å². The van der Waals surface area contributed by atoms with Crippen molar-refractivity contribution >= 4 is 23.4 Å². The van der Waals surface area contributed by atoms with Crippen LogP contribution in [0.2, 0.25) is 0 Å². The molecule has 0 bridgehead atoms. The Labute approximate surface area is 187 Å². The van der Waals surface area contributed by atoms with E-state index in [1.807, 2.05) is 42.2 Å². The third-order valence-electron chi connectivity index (χ3n) is 6.44. The molecule has 1 atom stereocenters. The number of imide groups is 1. The average Bonchev–Trinajstić information content (AvgIpc) is 3.37. The van der Waals surface area contributed by atoms with Gasteiger partial charge in [0.15, 0.2) is 0 Å².